The van der Waals surface area contributed by atoms with Gasteiger partial charge in [-0.2, -0.15) is 10.1 Å². The number of aliphatic carboxylic acids is 1. The van der Waals surface area contributed by atoms with E-state index in [0.29, 0.717) is 11.3 Å². The first-order valence-corrected chi connectivity index (χ1v) is 8.51. The summed E-state index contributed by atoms with van der Waals surface area (Å²) in [4.78, 5) is 24.2. The largest absolute Gasteiger partial charge is 0.502 e. The number of rotatable bonds is 6. The average molecular weight is 394 g/mol. The molecule has 0 radical (unpaired) electrons. The lowest BCUT2D eigenvalue weighted by molar-refractivity contribution is -0.129. The maximum Gasteiger partial charge on any atom is 0.357 e. The highest BCUT2D eigenvalue weighted by Gasteiger charge is 2.34. The summed E-state index contributed by atoms with van der Waals surface area (Å²) in [5, 5.41) is 24.4. The summed E-state index contributed by atoms with van der Waals surface area (Å²) < 4.78 is 10.2. The van der Waals surface area contributed by atoms with Crippen LogP contribution in [-0.2, 0) is 9.59 Å². The molecule has 2 N–H and O–H groups in total. The minimum Gasteiger partial charge on any atom is -0.502 e. The van der Waals surface area contributed by atoms with E-state index >= 15 is 0 Å². The number of carbonyl (C=O) groups is 2. The number of carboxylic acid groups (broad SMARTS) is 1. The normalized spacial score (nSPS) is 15.1. The van der Waals surface area contributed by atoms with Crippen molar-refractivity contribution in [2.45, 2.75) is 0 Å². The van der Waals surface area contributed by atoms with Gasteiger partial charge in [0, 0.05) is 0 Å². The number of aromatic hydroxyl groups is 1. The molecule has 3 rings (SSSR count). The summed E-state index contributed by atoms with van der Waals surface area (Å²) in [5.74, 6) is -1.54. The fourth-order valence-corrected chi connectivity index (χ4v) is 2.73. The Balaban J connectivity index is 1.92. The summed E-state index contributed by atoms with van der Waals surface area (Å²) in [6.45, 7) is 0. The number of hydrogen-bond acceptors (Lipinski definition) is 6. The second-order valence-corrected chi connectivity index (χ2v) is 5.92. The quantitative estimate of drug-likeness (QED) is 0.730. The van der Waals surface area contributed by atoms with Crippen LogP contribution in [0.4, 0.5) is 5.69 Å². The molecule has 1 aliphatic heterocycles. The van der Waals surface area contributed by atoms with Gasteiger partial charge in [-0.1, -0.05) is 30.4 Å². The second kappa shape index (κ2) is 8.30. The number of nitrogens with zero attached hydrogens (tertiary/aromatic N) is 2. The molecular weight excluding hydrogens is 376 g/mol. The zero-order chi connectivity index (χ0) is 21.0. The smallest absolute Gasteiger partial charge is 0.357 e. The Morgan fingerprint density at radius 2 is 1.72 bits per heavy atom. The number of amides is 1. The summed E-state index contributed by atoms with van der Waals surface area (Å²) in [6, 6.07) is 11.7. The molecule has 29 heavy (non-hydrogen) atoms. The van der Waals surface area contributed by atoms with Gasteiger partial charge in [0.1, 0.15) is 0 Å². The number of hydrogen-bond donors (Lipinski definition) is 2. The molecule has 0 fully saturated rings. The summed E-state index contributed by atoms with van der Waals surface area (Å²) >= 11 is 0. The summed E-state index contributed by atoms with van der Waals surface area (Å²) in [7, 11) is 2.82. The first-order valence-electron chi connectivity index (χ1n) is 8.51. The molecule has 1 aliphatic rings. The Labute approximate surface area is 166 Å². The first-order chi connectivity index (χ1) is 14.0. The van der Waals surface area contributed by atoms with Crippen molar-refractivity contribution >= 4 is 29.4 Å². The number of benzene rings is 2. The molecule has 0 saturated heterocycles. The van der Waals surface area contributed by atoms with Crippen LogP contribution >= 0.6 is 0 Å². The minimum absolute atomic E-state index is 0.0460. The number of para-hydroxylation sites is 1. The topological polar surface area (TPSA) is 109 Å². The van der Waals surface area contributed by atoms with Gasteiger partial charge in [0.05, 0.1) is 25.5 Å². The third-order valence-corrected chi connectivity index (χ3v) is 4.13. The van der Waals surface area contributed by atoms with Gasteiger partial charge in [0.2, 0.25) is 5.75 Å². The van der Waals surface area contributed by atoms with Gasteiger partial charge in [0.15, 0.2) is 17.2 Å². The van der Waals surface area contributed by atoms with Crippen molar-refractivity contribution in [2.75, 3.05) is 19.2 Å². The van der Waals surface area contributed by atoms with E-state index in [1.807, 2.05) is 0 Å². The Hall–Kier alpha value is -4.07. The number of carbonyl (C=O) groups excluding carboxylic acids is 1. The molecule has 0 unspecified atom stereocenters. The SMILES string of the molecule is COc1cc(/C=C/C=C2\C(=O)N(c3ccccc3)N=C2C(=O)O)cc(OC)c1O. The fraction of sp³-hybridized carbons (Fsp3) is 0.0952. The minimum atomic E-state index is -1.30. The standard InChI is InChI=1S/C21H18N2O6/c1-28-16-11-13(12-17(29-2)19(16)24)7-6-10-15-18(21(26)27)22-23(20(15)25)14-8-4-3-5-9-14/h3-12,24H,1-2H3,(H,26,27)/b7-6+,15-10-. The Bertz CT molecular complexity index is 1020. The highest BCUT2D eigenvalue weighted by molar-refractivity contribution is 6.52. The maximum absolute atomic E-state index is 12.7. The number of allylic oxidation sites excluding steroid dienone is 2. The van der Waals surface area contributed by atoms with Crippen LogP contribution in [0.5, 0.6) is 17.2 Å². The van der Waals surface area contributed by atoms with Crippen LogP contribution in [0.15, 0.2) is 65.3 Å². The van der Waals surface area contributed by atoms with Crippen LogP contribution in [0, 0.1) is 0 Å². The molecule has 0 aliphatic carbocycles. The van der Waals surface area contributed by atoms with Crippen molar-refractivity contribution in [1.29, 1.82) is 0 Å². The van der Waals surface area contributed by atoms with E-state index in [9.17, 15) is 19.8 Å². The van der Waals surface area contributed by atoms with Gasteiger partial charge in [-0.05, 0) is 35.9 Å². The van der Waals surface area contributed by atoms with Gasteiger partial charge in [-0.15, -0.1) is 0 Å². The molecule has 1 heterocycles. The third kappa shape index (κ3) is 3.96. The van der Waals surface area contributed by atoms with E-state index in [1.54, 1.807) is 48.5 Å². The van der Waals surface area contributed by atoms with Crippen molar-refractivity contribution in [3.05, 3.63) is 65.8 Å². The lowest BCUT2D eigenvalue weighted by atomic mass is 10.1. The third-order valence-electron chi connectivity index (χ3n) is 4.13. The predicted octanol–water partition coefficient (Wildman–Crippen LogP) is 2.84. The monoisotopic (exact) mass is 394 g/mol. The number of phenolic OH excluding ortho intramolecular Hbond substituents is 1. The molecule has 148 valence electrons. The first kappa shape index (κ1) is 19.7. The molecule has 2 aromatic carbocycles. The molecule has 2 aromatic rings. The van der Waals surface area contributed by atoms with Gasteiger partial charge >= 0.3 is 5.97 Å². The number of anilines is 1. The predicted molar refractivity (Wildman–Crippen MR) is 107 cm³/mol. The van der Waals surface area contributed by atoms with Crippen LogP contribution in [0.2, 0.25) is 0 Å². The van der Waals surface area contributed by atoms with E-state index in [1.165, 1.54) is 26.4 Å². The molecule has 8 heteroatoms. The van der Waals surface area contributed by atoms with Crippen molar-refractivity contribution in [2.24, 2.45) is 5.10 Å². The number of ether oxygens (including phenoxy) is 2. The number of hydrazone groups is 1. The van der Waals surface area contributed by atoms with Crippen molar-refractivity contribution in [3.8, 4) is 17.2 Å². The molecule has 0 bridgehead atoms. The summed E-state index contributed by atoms with van der Waals surface area (Å²) in [6.07, 6.45) is 4.52. The molecule has 8 nitrogen and oxygen atoms in total. The van der Waals surface area contributed by atoms with Crippen molar-refractivity contribution < 1.29 is 29.3 Å². The van der Waals surface area contributed by atoms with E-state index in [-0.39, 0.29) is 28.5 Å². The zero-order valence-electron chi connectivity index (χ0n) is 15.7. The van der Waals surface area contributed by atoms with Crippen LogP contribution in [-0.4, -0.2) is 42.0 Å². The summed E-state index contributed by atoms with van der Waals surface area (Å²) in [5.41, 5.74) is 0.698. The Morgan fingerprint density at radius 3 is 2.28 bits per heavy atom. The van der Waals surface area contributed by atoms with E-state index in [0.717, 1.165) is 5.01 Å². The fourth-order valence-electron chi connectivity index (χ4n) is 2.73. The van der Waals surface area contributed by atoms with Gasteiger partial charge in [-0.3, -0.25) is 4.79 Å². The number of methoxy groups -OCH3 is 2. The lowest BCUT2D eigenvalue weighted by Gasteiger charge is -2.10. The second-order valence-electron chi connectivity index (χ2n) is 5.92. The highest BCUT2D eigenvalue weighted by atomic mass is 16.5. The molecule has 0 atom stereocenters. The maximum atomic E-state index is 12.7. The molecule has 0 aromatic heterocycles. The van der Waals surface area contributed by atoms with E-state index < -0.39 is 11.9 Å². The molecule has 1 amide bonds. The van der Waals surface area contributed by atoms with E-state index in [4.69, 9.17) is 9.47 Å². The van der Waals surface area contributed by atoms with Crippen molar-refractivity contribution in [1.82, 2.24) is 0 Å². The van der Waals surface area contributed by atoms with Crippen LogP contribution in [0.25, 0.3) is 6.08 Å². The molecule has 0 saturated carbocycles. The lowest BCUT2D eigenvalue weighted by Crippen LogP contribution is -2.22. The highest BCUT2D eigenvalue weighted by Crippen LogP contribution is 2.37. The van der Waals surface area contributed by atoms with Gasteiger partial charge in [-0.25, -0.2) is 4.79 Å². The molecule has 0 spiro atoms. The van der Waals surface area contributed by atoms with Crippen LogP contribution in [0.3, 0.4) is 0 Å². The average Bonchev–Trinajstić information content (AvgIpc) is 3.06. The zero-order valence-corrected chi connectivity index (χ0v) is 15.7. The molecular formula is C21H18N2O6. The Kier molecular flexibility index (Phi) is 5.64. The Morgan fingerprint density at radius 1 is 1.10 bits per heavy atom. The van der Waals surface area contributed by atoms with Crippen LogP contribution in [0.1, 0.15) is 5.56 Å². The van der Waals surface area contributed by atoms with Crippen LogP contribution < -0.4 is 14.5 Å². The number of carboxylic acids is 1. The van der Waals surface area contributed by atoms with Gasteiger partial charge in [0.25, 0.3) is 5.91 Å². The number of phenols is 1. The van der Waals surface area contributed by atoms with Crippen molar-refractivity contribution in [3.63, 3.8) is 0 Å². The van der Waals surface area contributed by atoms with Gasteiger partial charge < -0.3 is 19.7 Å². The van der Waals surface area contributed by atoms with E-state index in [2.05, 4.69) is 5.10 Å².